The Labute approximate surface area is 411 Å². The third-order valence-electron chi connectivity index (χ3n) is 13.4. The molecule has 0 saturated carbocycles. The molecule has 0 bridgehead atoms. The van der Waals surface area contributed by atoms with Crippen molar-refractivity contribution in [1.29, 1.82) is 0 Å². The van der Waals surface area contributed by atoms with Gasteiger partial charge in [0.05, 0.1) is 25.4 Å². The highest BCUT2D eigenvalue weighted by Crippen LogP contribution is 2.17. The number of esters is 1. The SMILES string of the molecule is CCCC/C=C\CCCCCCCC(=O)OCCCCCCCCCCC/C=C\C/C=C\CCCCCCCCCCCCCC(=O)NC(CO)C(O)CCCCCCCCCCCCC. The van der Waals surface area contributed by atoms with Crippen molar-refractivity contribution in [2.75, 3.05) is 13.2 Å². The Kier molecular flexibility index (Phi) is 54.1. The topological polar surface area (TPSA) is 95.9 Å². The van der Waals surface area contributed by atoms with E-state index >= 15 is 0 Å². The number of unbranched alkanes of at least 4 members (excludes halogenated alkanes) is 37. The van der Waals surface area contributed by atoms with Crippen molar-refractivity contribution in [2.24, 2.45) is 0 Å². The van der Waals surface area contributed by atoms with Crippen LogP contribution in [0.4, 0.5) is 0 Å². The van der Waals surface area contributed by atoms with Crippen molar-refractivity contribution in [1.82, 2.24) is 5.32 Å². The molecule has 0 spiro atoms. The summed E-state index contributed by atoms with van der Waals surface area (Å²) in [6, 6.07) is -0.542. The van der Waals surface area contributed by atoms with E-state index in [1.807, 2.05) is 0 Å². The second-order valence-electron chi connectivity index (χ2n) is 20.0. The van der Waals surface area contributed by atoms with E-state index in [1.54, 1.807) is 0 Å². The molecule has 0 aliphatic carbocycles. The van der Waals surface area contributed by atoms with Gasteiger partial charge in [0, 0.05) is 12.8 Å². The number of ether oxygens (including phenoxy) is 1. The second kappa shape index (κ2) is 55.7. The van der Waals surface area contributed by atoms with Crippen LogP contribution in [0.1, 0.15) is 309 Å². The van der Waals surface area contributed by atoms with Gasteiger partial charge in [-0.3, -0.25) is 9.59 Å². The number of carbonyl (C=O) groups excluding carboxylic acids is 2. The number of hydrogen-bond donors (Lipinski definition) is 3. The molecule has 6 nitrogen and oxygen atoms in total. The third kappa shape index (κ3) is 51.5. The van der Waals surface area contributed by atoms with E-state index in [4.69, 9.17) is 4.74 Å². The lowest BCUT2D eigenvalue weighted by Crippen LogP contribution is -2.45. The number of aliphatic hydroxyl groups excluding tert-OH is 2. The van der Waals surface area contributed by atoms with Gasteiger partial charge in [0.15, 0.2) is 0 Å². The predicted octanol–water partition coefficient (Wildman–Crippen LogP) is 18.0. The molecular formula is C60H113NO5. The number of allylic oxidation sites excluding steroid dienone is 6. The number of rotatable bonds is 54. The number of hydrogen-bond acceptors (Lipinski definition) is 5. The lowest BCUT2D eigenvalue weighted by Gasteiger charge is -2.22. The zero-order valence-electron chi connectivity index (χ0n) is 44.2. The molecule has 0 aromatic rings. The molecule has 0 radical (unpaired) electrons. The van der Waals surface area contributed by atoms with E-state index in [-0.39, 0.29) is 18.5 Å². The van der Waals surface area contributed by atoms with Gasteiger partial charge < -0.3 is 20.3 Å². The molecule has 0 aliphatic heterocycles. The summed E-state index contributed by atoms with van der Waals surface area (Å²) < 4.78 is 5.45. The molecule has 0 saturated heterocycles. The first-order chi connectivity index (χ1) is 32.5. The van der Waals surface area contributed by atoms with Gasteiger partial charge in [-0.2, -0.15) is 0 Å². The van der Waals surface area contributed by atoms with Gasteiger partial charge in [-0.25, -0.2) is 0 Å². The predicted molar refractivity (Wildman–Crippen MR) is 287 cm³/mol. The van der Waals surface area contributed by atoms with Crippen molar-refractivity contribution in [2.45, 2.75) is 321 Å². The monoisotopic (exact) mass is 928 g/mol. The van der Waals surface area contributed by atoms with E-state index in [9.17, 15) is 19.8 Å². The van der Waals surface area contributed by atoms with Crippen LogP contribution in [0.2, 0.25) is 0 Å². The van der Waals surface area contributed by atoms with Crippen LogP contribution in [0.15, 0.2) is 36.5 Å². The molecule has 2 unspecified atom stereocenters. The molecule has 0 rings (SSSR count). The zero-order valence-corrected chi connectivity index (χ0v) is 44.2. The van der Waals surface area contributed by atoms with Gasteiger partial charge in [-0.15, -0.1) is 0 Å². The summed E-state index contributed by atoms with van der Waals surface area (Å²) in [6.45, 7) is 4.90. The minimum Gasteiger partial charge on any atom is -0.466 e. The number of aliphatic hydroxyl groups is 2. The molecule has 0 aromatic carbocycles. The maximum absolute atomic E-state index is 12.4. The average molecular weight is 929 g/mol. The van der Waals surface area contributed by atoms with Crippen molar-refractivity contribution in [3.8, 4) is 0 Å². The number of carbonyl (C=O) groups is 2. The number of amides is 1. The Hall–Kier alpha value is -1.92. The smallest absolute Gasteiger partial charge is 0.305 e. The van der Waals surface area contributed by atoms with Crippen LogP contribution in [0, 0.1) is 0 Å². The summed E-state index contributed by atoms with van der Waals surface area (Å²) in [7, 11) is 0. The van der Waals surface area contributed by atoms with Crippen molar-refractivity contribution >= 4 is 11.9 Å². The summed E-state index contributed by atoms with van der Waals surface area (Å²) in [5.41, 5.74) is 0. The maximum atomic E-state index is 12.4. The standard InChI is InChI=1S/C60H113NO5/c1-3-5-7-9-11-13-32-36-40-44-48-52-58(63)57(56-62)61-59(64)53-49-45-41-37-34-30-28-26-24-22-20-18-16-15-17-19-21-23-25-27-29-31-35-39-43-47-51-55-66-60(65)54-50-46-42-38-33-14-12-10-8-6-4-2/h10,12,15-16,19,21,57-58,62-63H,3-9,11,13-14,17-18,20,22-56H2,1-2H3,(H,61,64)/b12-10-,16-15-,21-19-. The van der Waals surface area contributed by atoms with E-state index in [2.05, 4.69) is 55.6 Å². The summed E-state index contributed by atoms with van der Waals surface area (Å²) >= 11 is 0. The Morgan fingerprint density at radius 3 is 1.21 bits per heavy atom. The summed E-state index contributed by atoms with van der Waals surface area (Å²) in [5.74, 6) is -0.0399. The molecule has 0 aliphatic rings. The quantitative estimate of drug-likeness (QED) is 0.0321. The van der Waals surface area contributed by atoms with Crippen molar-refractivity contribution < 1.29 is 24.5 Å². The van der Waals surface area contributed by atoms with E-state index < -0.39 is 12.1 Å². The van der Waals surface area contributed by atoms with E-state index in [1.165, 1.54) is 225 Å². The van der Waals surface area contributed by atoms with Gasteiger partial charge in [-0.1, -0.05) is 256 Å². The Morgan fingerprint density at radius 2 is 0.773 bits per heavy atom. The fourth-order valence-electron chi connectivity index (χ4n) is 8.89. The van der Waals surface area contributed by atoms with E-state index in [0.717, 1.165) is 51.4 Å². The van der Waals surface area contributed by atoms with Gasteiger partial charge in [-0.05, 0) is 77.0 Å². The van der Waals surface area contributed by atoms with E-state index in [0.29, 0.717) is 25.9 Å². The molecule has 0 heterocycles. The lowest BCUT2D eigenvalue weighted by molar-refractivity contribution is -0.143. The van der Waals surface area contributed by atoms with Gasteiger partial charge in [0.2, 0.25) is 5.91 Å². The Bertz CT molecular complexity index is 1070. The van der Waals surface area contributed by atoms with Gasteiger partial charge in [0.1, 0.15) is 0 Å². The van der Waals surface area contributed by atoms with Crippen LogP contribution >= 0.6 is 0 Å². The highest BCUT2D eigenvalue weighted by atomic mass is 16.5. The molecule has 2 atom stereocenters. The maximum Gasteiger partial charge on any atom is 0.305 e. The van der Waals surface area contributed by atoms with Crippen LogP contribution in [0.3, 0.4) is 0 Å². The average Bonchev–Trinajstić information content (AvgIpc) is 3.32. The molecular weight excluding hydrogens is 815 g/mol. The van der Waals surface area contributed by atoms with Crippen LogP contribution in [0.25, 0.3) is 0 Å². The lowest BCUT2D eigenvalue weighted by atomic mass is 10.0. The molecule has 388 valence electrons. The molecule has 3 N–H and O–H groups in total. The minimum absolute atomic E-state index is 0.000852. The fourth-order valence-corrected chi connectivity index (χ4v) is 8.89. The minimum atomic E-state index is -0.665. The van der Waals surface area contributed by atoms with Crippen LogP contribution in [-0.4, -0.2) is 47.4 Å². The Balaban J connectivity index is 3.41. The second-order valence-corrected chi connectivity index (χ2v) is 20.0. The van der Waals surface area contributed by atoms with Gasteiger partial charge in [0.25, 0.3) is 0 Å². The molecule has 0 aromatic heterocycles. The first-order valence-electron chi connectivity index (χ1n) is 29.2. The summed E-state index contributed by atoms with van der Waals surface area (Å²) in [5, 5.41) is 23.2. The normalized spacial score (nSPS) is 12.8. The molecule has 0 fully saturated rings. The van der Waals surface area contributed by atoms with Gasteiger partial charge >= 0.3 is 5.97 Å². The third-order valence-corrected chi connectivity index (χ3v) is 13.4. The van der Waals surface area contributed by atoms with Crippen molar-refractivity contribution in [3.05, 3.63) is 36.5 Å². The van der Waals surface area contributed by atoms with Crippen LogP contribution < -0.4 is 5.32 Å². The fraction of sp³-hybridized carbons (Fsp3) is 0.867. The van der Waals surface area contributed by atoms with Crippen molar-refractivity contribution in [3.63, 3.8) is 0 Å². The molecule has 6 heteroatoms. The van der Waals surface area contributed by atoms with Crippen LogP contribution in [0.5, 0.6) is 0 Å². The molecule has 66 heavy (non-hydrogen) atoms. The zero-order chi connectivity index (χ0) is 47.9. The number of nitrogens with one attached hydrogen (secondary N) is 1. The highest BCUT2D eigenvalue weighted by molar-refractivity contribution is 5.76. The Morgan fingerprint density at radius 1 is 0.424 bits per heavy atom. The summed E-state index contributed by atoms with van der Waals surface area (Å²) in [4.78, 5) is 24.4. The van der Waals surface area contributed by atoms with Crippen LogP contribution in [-0.2, 0) is 14.3 Å². The first kappa shape index (κ1) is 64.1. The first-order valence-corrected chi connectivity index (χ1v) is 29.2. The largest absolute Gasteiger partial charge is 0.466 e. The molecule has 1 amide bonds. The summed E-state index contributed by atoms with van der Waals surface area (Å²) in [6.07, 6.45) is 68.6. The highest BCUT2D eigenvalue weighted by Gasteiger charge is 2.20.